The van der Waals surface area contributed by atoms with Crippen LogP contribution in [0.2, 0.25) is 0 Å². The first-order chi connectivity index (χ1) is 19.1. The fraction of sp³-hybridized carbons (Fsp3) is 0.571. The first-order valence-electron chi connectivity index (χ1n) is 13.7. The van der Waals surface area contributed by atoms with E-state index in [1.54, 1.807) is 13.8 Å². The Morgan fingerprint density at radius 2 is 1.73 bits per heavy atom. The van der Waals surface area contributed by atoms with E-state index < -0.39 is 53.6 Å². The number of carbonyl (C=O) groups excluding carboxylic acids is 6. The maximum atomic E-state index is 13.3. The predicted molar refractivity (Wildman–Crippen MR) is 144 cm³/mol. The van der Waals surface area contributed by atoms with Crippen LogP contribution in [0.25, 0.3) is 0 Å². The summed E-state index contributed by atoms with van der Waals surface area (Å²) >= 11 is 0. The van der Waals surface area contributed by atoms with Gasteiger partial charge in [-0.3, -0.25) is 24.0 Å². The predicted octanol–water partition coefficient (Wildman–Crippen LogP) is 0.643. The highest BCUT2D eigenvalue weighted by atomic mass is 16.5. The summed E-state index contributed by atoms with van der Waals surface area (Å²) in [4.78, 5) is 76.8. The smallest absolute Gasteiger partial charge is 0.408 e. The van der Waals surface area contributed by atoms with Crippen molar-refractivity contribution >= 4 is 36.0 Å². The van der Waals surface area contributed by atoms with E-state index in [4.69, 9.17) is 4.74 Å². The van der Waals surface area contributed by atoms with Gasteiger partial charge in [0.25, 0.3) is 5.91 Å². The monoisotopic (exact) mass is 557 g/mol. The summed E-state index contributed by atoms with van der Waals surface area (Å²) in [6, 6.07) is 6.37. The Morgan fingerprint density at radius 1 is 1.02 bits per heavy atom. The van der Waals surface area contributed by atoms with Crippen molar-refractivity contribution in [3.63, 3.8) is 0 Å². The van der Waals surface area contributed by atoms with Crippen LogP contribution in [0.4, 0.5) is 4.79 Å². The molecule has 2 fully saturated rings. The molecule has 4 atom stereocenters. The number of hydrogen-bond acceptors (Lipinski definition) is 7. The molecule has 1 heterocycles. The van der Waals surface area contributed by atoms with E-state index in [2.05, 4.69) is 21.3 Å². The summed E-state index contributed by atoms with van der Waals surface area (Å²) in [5, 5.41) is 10.7. The molecule has 4 N–H and O–H groups in total. The van der Waals surface area contributed by atoms with Crippen molar-refractivity contribution in [2.45, 2.75) is 77.2 Å². The molecule has 1 aromatic rings. The molecule has 1 aliphatic heterocycles. The van der Waals surface area contributed by atoms with Gasteiger partial charge in [-0.05, 0) is 30.7 Å². The van der Waals surface area contributed by atoms with Gasteiger partial charge >= 0.3 is 6.09 Å². The number of ketones is 1. The lowest BCUT2D eigenvalue weighted by Crippen LogP contribution is -2.56. The van der Waals surface area contributed by atoms with Crippen LogP contribution in [0.15, 0.2) is 30.3 Å². The maximum absolute atomic E-state index is 13.3. The van der Waals surface area contributed by atoms with Crippen molar-refractivity contribution in [3.8, 4) is 0 Å². The Kier molecular flexibility index (Phi) is 11.0. The molecular weight excluding hydrogens is 518 g/mol. The van der Waals surface area contributed by atoms with Gasteiger partial charge in [0, 0.05) is 19.1 Å². The summed E-state index contributed by atoms with van der Waals surface area (Å²) in [7, 11) is 0. The number of amides is 5. The van der Waals surface area contributed by atoms with Crippen LogP contribution in [0.3, 0.4) is 0 Å². The van der Waals surface area contributed by atoms with E-state index in [0.29, 0.717) is 12.8 Å². The second-order valence-corrected chi connectivity index (χ2v) is 10.7. The lowest BCUT2D eigenvalue weighted by atomic mass is 9.98. The molecular formula is C28H39N5O7. The number of likely N-dealkylation sites (tertiary alicyclic amines) is 1. The molecule has 0 aromatic heterocycles. The maximum Gasteiger partial charge on any atom is 0.408 e. The highest BCUT2D eigenvalue weighted by Gasteiger charge is 2.41. The number of rotatable bonds is 14. The van der Waals surface area contributed by atoms with Gasteiger partial charge < -0.3 is 30.9 Å². The summed E-state index contributed by atoms with van der Waals surface area (Å²) in [5.74, 6) is -3.69. The van der Waals surface area contributed by atoms with Crippen molar-refractivity contribution in [1.29, 1.82) is 0 Å². The number of carbonyl (C=O) groups is 6. The van der Waals surface area contributed by atoms with Gasteiger partial charge in [-0.15, -0.1) is 0 Å². The molecule has 1 aromatic carbocycles. The van der Waals surface area contributed by atoms with E-state index in [9.17, 15) is 28.8 Å². The first-order valence-corrected chi connectivity index (χ1v) is 13.7. The number of alkyl carbamates (subject to hydrolysis) is 1. The fourth-order valence-corrected chi connectivity index (χ4v) is 4.51. The highest BCUT2D eigenvalue weighted by molar-refractivity contribution is 6.38. The zero-order chi connectivity index (χ0) is 29.2. The number of Topliss-reactive ketones (excluding diaryl/α,β-unsaturated/α-hetero) is 1. The lowest BCUT2D eigenvalue weighted by Gasteiger charge is -2.26. The SMILES string of the molecule is CCCC(NC(=O)[C@@H]1CN(C=O)C[C@@H]1NC(=O)C(NC(=O)OCc1ccccc1)C(C)C)C(=O)C(=O)NC1CC1. The van der Waals surface area contributed by atoms with Crippen LogP contribution in [0, 0.1) is 11.8 Å². The topological polar surface area (TPSA) is 163 Å². The zero-order valence-corrected chi connectivity index (χ0v) is 23.2. The Labute approximate surface area is 233 Å². The summed E-state index contributed by atoms with van der Waals surface area (Å²) in [6.07, 6.45) is 2.30. The van der Waals surface area contributed by atoms with Crippen molar-refractivity contribution in [3.05, 3.63) is 35.9 Å². The molecule has 5 amide bonds. The van der Waals surface area contributed by atoms with Gasteiger partial charge in [0.1, 0.15) is 12.6 Å². The minimum Gasteiger partial charge on any atom is -0.445 e. The molecule has 2 unspecified atom stereocenters. The van der Waals surface area contributed by atoms with Gasteiger partial charge in [-0.1, -0.05) is 57.5 Å². The van der Waals surface area contributed by atoms with E-state index in [0.717, 1.165) is 18.4 Å². The van der Waals surface area contributed by atoms with Crippen LogP contribution in [0.5, 0.6) is 0 Å². The van der Waals surface area contributed by atoms with Crippen molar-refractivity contribution in [2.24, 2.45) is 11.8 Å². The number of nitrogens with zero attached hydrogens (tertiary/aromatic N) is 1. The standard InChI is InChI=1S/C28H39N5O7/c1-4-8-21(24(35)27(38)29-19-11-12-19)30-25(36)20-13-33(16-34)14-22(20)31-26(37)23(17(2)3)32-28(39)40-15-18-9-6-5-7-10-18/h5-7,9-10,16-17,19-23H,4,8,11-15H2,1-3H3,(H,29,38)(H,30,36)(H,31,37)(H,32,39)/t20-,21?,22+,23?/m1/s1. The van der Waals surface area contributed by atoms with Crippen molar-refractivity contribution in [2.75, 3.05) is 13.1 Å². The van der Waals surface area contributed by atoms with Crippen LogP contribution in [-0.2, 0) is 35.3 Å². The van der Waals surface area contributed by atoms with Gasteiger partial charge in [-0.2, -0.15) is 0 Å². The normalized spacial score (nSPS) is 19.8. The largest absolute Gasteiger partial charge is 0.445 e. The van der Waals surface area contributed by atoms with E-state index >= 15 is 0 Å². The second-order valence-electron chi connectivity index (χ2n) is 10.7. The van der Waals surface area contributed by atoms with E-state index in [1.165, 1.54) is 4.90 Å². The minimum absolute atomic E-state index is 0.00290. The quantitative estimate of drug-likeness (QED) is 0.193. The van der Waals surface area contributed by atoms with E-state index in [1.807, 2.05) is 37.3 Å². The number of ether oxygens (including phenoxy) is 1. The average molecular weight is 558 g/mol. The third-order valence-electron chi connectivity index (χ3n) is 6.94. The summed E-state index contributed by atoms with van der Waals surface area (Å²) in [6.45, 7) is 5.49. The molecule has 3 rings (SSSR count). The third kappa shape index (κ3) is 8.78. The molecule has 218 valence electrons. The van der Waals surface area contributed by atoms with Gasteiger partial charge in [0.15, 0.2) is 0 Å². The van der Waals surface area contributed by atoms with Crippen LogP contribution in [0.1, 0.15) is 52.0 Å². The minimum atomic E-state index is -1.01. The average Bonchev–Trinajstić information content (AvgIpc) is 3.66. The van der Waals surface area contributed by atoms with Crippen LogP contribution in [-0.4, -0.2) is 78.2 Å². The Morgan fingerprint density at radius 3 is 2.33 bits per heavy atom. The first kappa shape index (κ1) is 30.6. The number of benzene rings is 1. The Balaban J connectivity index is 1.62. The lowest BCUT2D eigenvalue weighted by molar-refractivity contribution is -0.140. The van der Waals surface area contributed by atoms with Gasteiger partial charge in [-0.25, -0.2) is 4.79 Å². The van der Waals surface area contributed by atoms with Crippen molar-refractivity contribution < 1.29 is 33.5 Å². The number of hydrogen-bond donors (Lipinski definition) is 4. The Hall–Kier alpha value is -3.96. The summed E-state index contributed by atoms with van der Waals surface area (Å²) < 4.78 is 5.25. The van der Waals surface area contributed by atoms with E-state index in [-0.39, 0.29) is 38.1 Å². The highest BCUT2D eigenvalue weighted by Crippen LogP contribution is 2.20. The molecule has 1 aliphatic carbocycles. The van der Waals surface area contributed by atoms with Gasteiger partial charge in [0.05, 0.1) is 18.0 Å². The summed E-state index contributed by atoms with van der Waals surface area (Å²) in [5.41, 5.74) is 0.793. The molecule has 0 spiro atoms. The zero-order valence-electron chi connectivity index (χ0n) is 23.2. The fourth-order valence-electron chi connectivity index (χ4n) is 4.51. The molecule has 2 aliphatic rings. The molecule has 0 radical (unpaired) electrons. The van der Waals surface area contributed by atoms with Crippen molar-refractivity contribution in [1.82, 2.24) is 26.2 Å². The van der Waals surface area contributed by atoms with Crippen LogP contribution < -0.4 is 21.3 Å². The molecule has 40 heavy (non-hydrogen) atoms. The van der Waals surface area contributed by atoms with Gasteiger partial charge in [0.2, 0.25) is 24.0 Å². The Bertz CT molecular complexity index is 1080. The molecule has 12 heteroatoms. The third-order valence-corrected chi connectivity index (χ3v) is 6.94. The molecule has 12 nitrogen and oxygen atoms in total. The molecule has 0 bridgehead atoms. The molecule has 1 saturated carbocycles. The number of nitrogens with one attached hydrogen (secondary N) is 4. The molecule has 1 saturated heterocycles. The second kappa shape index (κ2) is 14.4. The van der Waals surface area contributed by atoms with Crippen LogP contribution >= 0.6 is 0 Å².